The first-order valence-corrected chi connectivity index (χ1v) is 3.18. The molecular formula is C8H7N2. The molecule has 0 spiro atoms. The van der Waals surface area contributed by atoms with Crippen molar-refractivity contribution in [2.45, 2.75) is 0 Å². The van der Waals surface area contributed by atoms with Crippen molar-refractivity contribution in [1.82, 2.24) is 10.3 Å². The lowest BCUT2D eigenvalue weighted by Gasteiger charge is -1.94. The van der Waals surface area contributed by atoms with E-state index < -0.39 is 0 Å². The van der Waals surface area contributed by atoms with Crippen LogP contribution in [0.4, 0.5) is 0 Å². The van der Waals surface area contributed by atoms with E-state index in [4.69, 9.17) is 0 Å². The van der Waals surface area contributed by atoms with E-state index in [2.05, 4.69) is 10.3 Å². The molecule has 1 aromatic rings. The second-order valence-electron chi connectivity index (χ2n) is 2.11. The predicted octanol–water partition coefficient (Wildman–Crippen LogP) is 1.49. The van der Waals surface area contributed by atoms with Crippen molar-refractivity contribution in [1.29, 1.82) is 0 Å². The summed E-state index contributed by atoms with van der Waals surface area (Å²) in [6, 6.07) is 3.96. The monoisotopic (exact) mass is 131 g/mol. The van der Waals surface area contributed by atoms with Gasteiger partial charge in [-0.1, -0.05) is 0 Å². The van der Waals surface area contributed by atoms with Crippen molar-refractivity contribution in [2.75, 3.05) is 0 Å². The van der Waals surface area contributed by atoms with Crippen LogP contribution < -0.4 is 5.32 Å². The van der Waals surface area contributed by atoms with Crippen molar-refractivity contribution >= 4 is 5.70 Å². The summed E-state index contributed by atoms with van der Waals surface area (Å²) < 4.78 is 0. The first-order chi connectivity index (χ1) is 4.97. The summed E-state index contributed by atoms with van der Waals surface area (Å²) in [6.07, 6.45) is 7.59. The molecular weight excluding hydrogens is 124 g/mol. The SMILES string of the molecule is C1=C[N]C(c2ccc[nH]2)=C1. The van der Waals surface area contributed by atoms with Crippen molar-refractivity contribution in [3.05, 3.63) is 42.4 Å². The molecule has 2 heterocycles. The van der Waals surface area contributed by atoms with E-state index in [1.807, 2.05) is 30.5 Å². The summed E-state index contributed by atoms with van der Waals surface area (Å²) in [4.78, 5) is 3.08. The Hall–Kier alpha value is -1.44. The lowest BCUT2D eigenvalue weighted by Crippen LogP contribution is -1.90. The van der Waals surface area contributed by atoms with Crippen LogP contribution in [0.2, 0.25) is 0 Å². The standard InChI is InChI=1S/C8H7N2/c1-3-7(9-5-1)8-4-2-6-10-8/h1-6,9H. The van der Waals surface area contributed by atoms with Crippen LogP contribution in [-0.4, -0.2) is 4.98 Å². The zero-order chi connectivity index (χ0) is 6.81. The first-order valence-electron chi connectivity index (χ1n) is 3.18. The van der Waals surface area contributed by atoms with Gasteiger partial charge in [-0.3, -0.25) is 5.32 Å². The lowest BCUT2D eigenvalue weighted by molar-refractivity contribution is 1.19. The Labute approximate surface area is 59.3 Å². The Morgan fingerprint density at radius 3 is 3.00 bits per heavy atom. The van der Waals surface area contributed by atoms with Crippen LogP contribution in [0, 0.1) is 0 Å². The molecule has 0 bridgehead atoms. The second kappa shape index (κ2) is 2.06. The molecule has 0 saturated carbocycles. The summed E-state index contributed by atoms with van der Waals surface area (Å²) in [5.74, 6) is 0. The van der Waals surface area contributed by atoms with Crippen LogP contribution in [0.25, 0.3) is 5.70 Å². The Bertz CT molecular complexity index is 267. The Kier molecular flexibility index (Phi) is 1.10. The average Bonchev–Trinajstić information content (AvgIpc) is 2.59. The van der Waals surface area contributed by atoms with Gasteiger partial charge >= 0.3 is 0 Å². The molecule has 0 saturated heterocycles. The van der Waals surface area contributed by atoms with E-state index in [1.165, 1.54) is 0 Å². The molecule has 0 aliphatic carbocycles. The maximum absolute atomic E-state index is 4.13. The van der Waals surface area contributed by atoms with E-state index in [0.29, 0.717) is 0 Å². The fourth-order valence-electron chi connectivity index (χ4n) is 0.950. The van der Waals surface area contributed by atoms with Gasteiger partial charge in [0.25, 0.3) is 0 Å². The lowest BCUT2D eigenvalue weighted by atomic mass is 10.3. The van der Waals surface area contributed by atoms with E-state index in [0.717, 1.165) is 11.4 Å². The number of H-pyrrole nitrogens is 1. The van der Waals surface area contributed by atoms with Gasteiger partial charge in [-0.2, -0.15) is 0 Å². The quantitative estimate of drug-likeness (QED) is 0.598. The number of aromatic nitrogens is 1. The van der Waals surface area contributed by atoms with Crippen molar-refractivity contribution in [2.24, 2.45) is 0 Å². The van der Waals surface area contributed by atoms with E-state index in [9.17, 15) is 0 Å². The van der Waals surface area contributed by atoms with Crippen LogP contribution in [-0.2, 0) is 0 Å². The maximum atomic E-state index is 4.13. The van der Waals surface area contributed by atoms with Crippen molar-refractivity contribution in [3.63, 3.8) is 0 Å². The fourth-order valence-corrected chi connectivity index (χ4v) is 0.950. The molecule has 1 aliphatic rings. The number of hydrogen-bond donors (Lipinski definition) is 1. The van der Waals surface area contributed by atoms with Gasteiger partial charge in [-0.25, -0.2) is 0 Å². The van der Waals surface area contributed by atoms with Crippen LogP contribution in [0.5, 0.6) is 0 Å². The van der Waals surface area contributed by atoms with Gasteiger partial charge in [0, 0.05) is 12.4 Å². The molecule has 0 atom stereocenters. The molecule has 0 aromatic carbocycles. The highest BCUT2D eigenvalue weighted by Gasteiger charge is 2.02. The number of allylic oxidation sites excluding steroid dienone is 2. The molecule has 0 amide bonds. The summed E-state index contributed by atoms with van der Waals surface area (Å²) in [5.41, 5.74) is 2.08. The third-order valence-corrected chi connectivity index (χ3v) is 1.43. The molecule has 10 heavy (non-hydrogen) atoms. The largest absolute Gasteiger partial charge is 0.360 e. The zero-order valence-corrected chi connectivity index (χ0v) is 5.41. The maximum Gasteiger partial charge on any atom is 0.0864 e. The van der Waals surface area contributed by atoms with Crippen LogP contribution >= 0.6 is 0 Å². The van der Waals surface area contributed by atoms with Gasteiger partial charge in [-0.15, -0.1) is 0 Å². The van der Waals surface area contributed by atoms with E-state index >= 15 is 0 Å². The number of nitrogens with zero attached hydrogens (tertiary/aromatic N) is 1. The fraction of sp³-hybridized carbons (Fsp3) is 0. The summed E-state index contributed by atoms with van der Waals surface area (Å²) in [6.45, 7) is 0. The van der Waals surface area contributed by atoms with Gasteiger partial charge in [0.2, 0.25) is 0 Å². The average molecular weight is 131 g/mol. The molecule has 1 aliphatic heterocycles. The Morgan fingerprint density at radius 1 is 1.40 bits per heavy atom. The molecule has 0 fully saturated rings. The minimum Gasteiger partial charge on any atom is -0.360 e. The molecule has 2 nitrogen and oxygen atoms in total. The van der Waals surface area contributed by atoms with E-state index in [-0.39, 0.29) is 0 Å². The van der Waals surface area contributed by atoms with E-state index in [1.54, 1.807) is 6.20 Å². The highest BCUT2D eigenvalue weighted by Crippen LogP contribution is 2.12. The van der Waals surface area contributed by atoms with Crippen LogP contribution in [0.15, 0.2) is 36.7 Å². The summed E-state index contributed by atoms with van der Waals surface area (Å²) in [5, 5.41) is 4.13. The molecule has 2 rings (SSSR count). The van der Waals surface area contributed by atoms with Crippen LogP contribution in [0.1, 0.15) is 5.69 Å². The van der Waals surface area contributed by atoms with Gasteiger partial charge in [0.15, 0.2) is 0 Å². The number of hydrogen-bond acceptors (Lipinski definition) is 0. The van der Waals surface area contributed by atoms with Gasteiger partial charge in [0.05, 0.1) is 11.4 Å². The third-order valence-electron chi connectivity index (χ3n) is 1.43. The minimum atomic E-state index is 1.00. The third kappa shape index (κ3) is 0.739. The van der Waals surface area contributed by atoms with Crippen molar-refractivity contribution < 1.29 is 0 Å². The van der Waals surface area contributed by atoms with Crippen LogP contribution in [0.3, 0.4) is 0 Å². The summed E-state index contributed by atoms with van der Waals surface area (Å²) in [7, 11) is 0. The molecule has 1 aromatic heterocycles. The molecule has 2 heteroatoms. The number of rotatable bonds is 1. The van der Waals surface area contributed by atoms with Gasteiger partial charge in [0.1, 0.15) is 0 Å². The predicted molar refractivity (Wildman–Crippen MR) is 40.0 cm³/mol. The first kappa shape index (κ1) is 5.35. The topological polar surface area (TPSA) is 29.9 Å². The number of aromatic amines is 1. The Balaban J connectivity index is 2.30. The normalized spacial score (nSPS) is 15.0. The minimum absolute atomic E-state index is 1.00. The molecule has 49 valence electrons. The number of nitrogens with one attached hydrogen (secondary N) is 1. The molecule has 0 unspecified atom stereocenters. The molecule has 1 N–H and O–H groups in total. The summed E-state index contributed by atoms with van der Waals surface area (Å²) >= 11 is 0. The highest BCUT2D eigenvalue weighted by atomic mass is 14.9. The molecule has 1 radical (unpaired) electrons. The van der Waals surface area contributed by atoms with Crippen molar-refractivity contribution in [3.8, 4) is 0 Å². The van der Waals surface area contributed by atoms with Gasteiger partial charge < -0.3 is 4.98 Å². The highest BCUT2D eigenvalue weighted by molar-refractivity contribution is 5.65. The smallest absolute Gasteiger partial charge is 0.0864 e. The zero-order valence-electron chi connectivity index (χ0n) is 5.41. The Morgan fingerprint density at radius 2 is 2.40 bits per heavy atom. The second-order valence-corrected chi connectivity index (χ2v) is 2.11. The van der Waals surface area contributed by atoms with Gasteiger partial charge in [-0.05, 0) is 24.3 Å².